The van der Waals surface area contributed by atoms with Crippen LogP contribution >= 0.6 is 12.4 Å². The van der Waals surface area contributed by atoms with Gasteiger partial charge in [0.2, 0.25) is 11.8 Å². The van der Waals surface area contributed by atoms with E-state index in [9.17, 15) is 9.59 Å². The third kappa shape index (κ3) is 4.28. The summed E-state index contributed by atoms with van der Waals surface area (Å²) in [6.07, 6.45) is 3.82. The molecule has 0 saturated carbocycles. The Morgan fingerprint density at radius 3 is 2.71 bits per heavy atom. The van der Waals surface area contributed by atoms with E-state index < -0.39 is 0 Å². The van der Waals surface area contributed by atoms with Crippen LogP contribution in [0.1, 0.15) is 31.2 Å². The van der Waals surface area contributed by atoms with Gasteiger partial charge in [-0.05, 0) is 50.4 Å². The number of anilines is 1. The van der Waals surface area contributed by atoms with E-state index in [0.717, 1.165) is 43.6 Å². The summed E-state index contributed by atoms with van der Waals surface area (Å²) in [4.78, 5) is 26.5. The van der Waals surface area contributed by atoms with E-state index in [1.54, 1.807) is 0 Å². The number of nitrogens with zero attached hydrogens (tertiary/aromatic N) is 1. The van der Waals surface area contributed by atoms with Gasteiger partial charge < -0.3 is 15.5 Å². The van der Waals surface area contributed by atoms with Gasteiger partial charge in [-0.1, -0.05) is 18.2 Å². The Hall–Kier alpha value is -1.59. The highest BCUT2D eigenvalue weighted by molar-refractivity contribution is 5.96. The molecule has 132 valence electrons. The molecule has 0 spiro atoms. The van der Waals surface area contributed by atoms with Gasteiger partial charge in [0.15, 0.2) is 0 Å². The number of amides is 2. The van der Waals surface area contributed by atoms with E-state index in [2.05, 4.69) is 10.6 Å². The smallest absolute Gasteiger partial charge is 0.227 e. The number of halogens is 1. The zero-order chi connectivity index (χ0) is 16.2. The normalized spacial score (nSPS) is 20.5. The molecule has 5 nitrogen and oxygen atoms in total. The summed E-state index contributed by atoms with van der Waals surface area (Å²) in [5.74, 6) is 0.0971. The SMILES string of the molecule is CN(C(=O)CCC1Cc2ccccc2NC1=O)C1CCNCC1.Cl. The zero-order valence-electron chi connectivity index (χ0n) is 14.1. The molecule has 0 bridgehead atoms. The van der Waals surface area contributed by atoms with Crippen LogP contribution in [-0.2, 0) is 16.0 Å². The van der Waals surface area contributed by atoms with Gasteiger partial charge in [0.25, 0.3) is 0 Å². The van der Waals surface area contributed by atoms with Crippen LogP contribution < -0.4 is 10.6 Å². The van der Waals surface area contributed by atoms with Crippen molar-refractivity contribution in [3.05, 3.63) is 29.8 Å². The molecule has 0 aliphatic carbocycles. The molecular formula is C18H26ClN3O2. The molecule has 1 saturated heterocycles. The van der Waals surface area contributed by atoms with Crippen LogP contribution in [-0.4, -0.2) is 42.9 Å². The average molecular weight is 352 g/mol. The second-order valence-electron chi connectivity index (χ2n) is 6.57. The Kier molecular flexibility index (Phi) is 6.63. The number of benzene rings is 1. The fourth-order valence-corrected chi connectivity index (χ4v) is 3.52. The number of hydrogen-bond acceptors (Lipinski definition) is 3. The topological polar surface area (TPSA) is 61.4 Å². The number of fused-ring (bicyclic) bond motifs is 1. The van der Waals surface area contributed by atoms with Crippen LogP contribution in [0.15, 0.2) is 24.3 Å². The molecular weight excluding hydrogens is 326 g/mol. The monoisotopic (exact) mass is 351 g/mol. The van der Waals surface area contributed by atoms with Crippen LogP contribution in [0.3, 0.4) is 0 Å². The number of rotatable bonds is 4. The molecule has 1 fully saturated rings. The second-order valence-corrected chi connectivity index (χ2v) is 6.57. The summed E-state index contributed by atoms with van der Waals surface area (Å²) in [5, 5.41) is 6.27. The third-order valence-corrected chi connectivity index (χ3v) is 5.07. The molecule has 3 rings (SSSR count). The van der Waals surface area contributed by atoms with Crippen molar-refractivity contribution in [2.24, 2.45) is 5.92 Å². The van der Waals surface area contributed by atoms with E-state index in [0.29, 0.717) is 18.9 Å². The summed E-state index contributed by atoms with van der Waals surface area (Å²) >= 11 is 0. The minimum Gasteiger partial charge on any atom is -0.343 e. The maximum atomic E-state index is 12.4. The number of carbonyl (C=O) groups is 2. The third-order valence-electron chi connectivity index (χ3n) is 5.07. The van der Waals surface area contributed by atoms with E-state index in [-0.39, 0.29) is 30.1 Å². The maximum absolute atomic E-state index is 12.4. The summed E-state index contributed by atoms with van der Waals surface area (Å²) in [7, 11) is 1.90. The van der Waals surface area contributed by atoms with E-state index in [4.69, 9.17) is 0 Å². The summed E-state index contributed by atoms with van der Waals surface area (Å²) < 4.78 is 0. The Labute approximate surface area is 149 Å². The maximum Gasteiger partial charge on any atom is 0.227 e. The lowest BCUT2D eigenvalue weighted by atomic mass is 9.89. The van der Waals surface area contributed by atoms with Crippen LogP contribution in [0, 0.1) is 5.92 Å². The standard InChI is InChI=1S/C18H25N3O2.ClH/c1-21(15-8-10-19-11-9-15)17(22)7-6-14-12-13-4-2-3-5-16(13)20-18(14)23;/h2-5,14-15,19H,6-12H2,1H3,(H,20,23);1H. The highest BCUT2D eigenvalue weighted by Gasteiger charge is 2.28. The first-order valence-corrected chi connectivity index (χ1v) is 8.50. The van der Waals surface area contributed by atoms with Crippen molar-refractivity contribution in [1.82, 2.24) is 10.2 Å². The van der Waals surface area contributed by atoms with Crippen molar-refractivity contribution < 1.29 is 9.59 Å². The van der Waals surface area contributed by atoms with Gasteiger partial charge in [-0.3, -0.25) is 9.59 Å². The molecule has 24 heavy (non-hydrogen) atoms. The first-order chi connectivity index (χ1) is 11.1. The Bertz CT molecular complexity index is 587. The fraction of sp³-hybridized carbons (Fsp3) is 0.556. The molecule has 1 atom stereocenters. The summed E-state index contributed by atoms with van der Waals surface area (Å²) in [5.41, 5.74) is 2.07. The van der Waals surface area contributed by atoms with Gasteiger partial charge in [-0.2, -0.15) is 0 Å². The fourth-order valence-electron chi connectivity index (χ4n) is 3.52. The predicted molar refractivity (Wildman–Crippen MR) is 97.4 cm³/mol. The molecule has 2 heterocycles. The van der Waals surface area contributed by atoms with Crippen LogP contribution in [0.5, 0.6) is 0 Å². The van der Waals surface area contributed by atoms with Crippen molar-refractivity contribution in [1.29, 1.82) is 0 Å². The first kappa shape index (κ1) is 18.7. The summed E-state index contributed by atoms with van der Waals surface area (Å²) in [6.45, 7) is 1.95. The minimum atomic E-state index is -0.102. The Morgan fingerprint density at radius 1 is 1.25 bits per heavy atom. The Morgan fingerprint density at radius 2 is 1.96 bits per heavy atom. The van der Waals surface area contributed by atoms with Crippen molar-refractivity contribution in [3.63, 3.8) is 0 Å². The largest absolute Gasteiger partial charge is 0.343 e. The number of hydrogen-bond donors (Lipinski definition) is 2. The number of carbonyl (C=O) groups excluding carboxylic acids is 2. The number of para-hydroxylation sites is 1. The molecule has 1 aromatic rings. The lowest BCUT2D eigenvalue weighted by Gasteiger charge is -2.32. The predicted octanol–water partition coefficient (Wildman–Crippen LogP) is 2.21. The highest BCUT2D eigenvalue weighted by Crippen LogP contribution is 2.27. The molecule has 6 heteroatoms. The summed E-state index contributed by atoms with van der Waals surface area (Å²) in [6, 6.07) is 8.23. The molecule has 2 aliphatic rings. The lowest BCUT2D eigenvalue weighted by Crippen LogP contribution is -2.44. The molecule has 1 aromatic carbocycles. The Balaban J connectivity index is 0.00000208. The van der Waals surface area contributed by atoms with Gasteiger partial charge in [0.05, 0.1) is 0 Å². The van der Waals surface area contributed by atoms with Crippen molar-refractivity contribution >= 4 is 29.9 Å². The molecule has 2 amide bonds. The zero-order valence-corrected chi connectivity index (χ0v) is 14.9. The van der Waals surface area contributed by atoms with Gasteiger partial charge in [0, 0.05) is 31.1 Å². The van der Waals surface area contributed by atoms with Gasteiger partial charge in [0.1, 0.15) is 0 Å². The van der Waals surface area contributed by atoms with Crippen molar-refractivity contribution in [2.45, 2.75) is 38.1 Å². The molecule has 1 unspecified atom stereocenters. The van der Waals surface area contributed by atoms with Crippen LogP contribution in [0.4, 0.5) is 5.69 Å². The van der Waals surface area contributed by atoms with E-state index >= 15 is 0 Å². The second kappa shape index (κ2) is 8.49. The van der Waals surface area contributed by atoms with Crippen LogP contribution in [0.25, 0.3) is 0 Å². The lowest BCUT2D eigenvalue weighted by molar-refractivity contribution is -0.133. The van der Waals surface area contributed by atoms with Crippen molar-refractivity contribution in [2.75, 3.05) is 25.5 Å². The molecule has 0 radical (unpaired) electrons. The quantitative estimate of drug-likeness (QED) is 0.874. The minimum absolute atomic E-state index is 0. The number of nitrogens with one attached hydrogen (secondary N) is 2. The van der Waals surface area contributed by atoms with Gasteiger partial charge >= 0.3 is 0 Å². The van der Waals surface area contributed by atoms with Crippen molar-refractivity contribution in [3.8, 4) is 0 Å². The van der Waals surface area contributed by atoms with Gasteiger partial charge in [-0.15, -0.1) is 12.4 Å². The van der Waals surface area contributed by atoms with Gasteiger partial charge in [-0.25, -0.2) is 0 Å². The average Bonchev–Trinajstić information content (AvgIpc) is 2.59. The number of piperidine rings is 1. The van der Waals surface area contributed by atoms with Crippen LogP contribution in [0.2, 0.25) is 0 Å². The highest BCUT2D eigenvalue weighted by atomic mass is 35.5. The molecule has 2 aliphatic heterocycles. The first-order valence-electron chi connectivity index (χ1n) is 8.50. The molecule has 0 aromatic heterocycles. The van der Waals surface area contributed by atoms with E-state index in [1.165, 1.54) is 0 Å². The van der Waals surface area contributed by atoms with E-state index in [1.807, 2.05) is 36.2 Å². The molecule has 2 N–H and O–H groups in total.